The molecule has 0 amide bonds. The van der Waals surface area contributed by atoms with Crippen molar-refractivity contribution in [2.45, 2.75) is 10.4 Å². The van der Waals surface area contributed by atoms with Crippen molar-refractivity contribution < 1.29 is 34.2 Å². The highest BCUT2D eigenvalue weighted by Crippen LogP contribution is 2.94. The first-order valence-corrected chi connectivity index (χ1v) is 6.41. The lowest BCUT2D eigenvalue weighted by atomic mass is 10.7. The zero-order chi connectivity index (χ0) is 10.7. The van der Waals surface area contributed by atoms with Gasteiger partial charge in [-0.25, -0.2) is 0 Å². The first kappa shape index (κ1) is 11.3. The lowest BCUT2D eigenvalue weighted by molar-refractivity contribution is -0.0665. The molecule has 0 spiro atoms. The summed E-state index contributed by atoms with van der Waals surface area (Å²) in [5.41, 5.74) is 4.80. The smallest absolute Gasteiger partial charge is 0.327 e. The van der Waals surface area contributed by atoms with E-state index in [1.54, 1.807) is 0 Å². The van der Waals surface area contributed by atoms with Gasteiger partial charge in [0.25, 0.3) is 0 Å². The third-order valence-corrected chi connectivity index (χ3v) is 9.24. The summed E-state index contributed by atoms with van der Waals surface area (Å²) in [6.45, 7) is -1.00. The first-order valence-electron chi connectivity index (χ1n) is 3.09. The molecule has 0 aromatic heterocycles. The Morgan fingerprint density at radius 2 is 1.38 bits per heavy atom. The number of hydrogen-bond acceptors (Lipinski definition) is 6. The number of hydrogen-bond donors (Lipinski definition) is 6. The van der Waals surface area contributed by atoms with E-state index in [9.17, 15) is 9.13 Å². The van der Waals surface area contributed by atoms with Crippen molar-refractivity contribution in [1.82, 2.24) is 0 Å². The van der Waals surface area contributed by atoms with Crippen molar-refractivity contribution in [2.24, 2.45) is 5.73 Å². The van der Waals surface area contributed by atoms with Crippen molar-refractivity contribution in [3.05, 3.63) is 0 Å². The van der Waals surface area contributed by atoms with Crippen LogP contribution in [0.3, 0.4) is 0 Å². The van der Waals surface area contributed by atoms with Crippen LogP contribution < -0.4 is 5.73 Å². The van der Waals surface area contributed by atoms with Crippen molar-refractivity contribution in [3.63, 3.8) is 0 Å². The molecule has 1 saturated heterocycles. The van der Waals surface area contributed by atoms with E-state index in [2.05, 4.69) is 0 Å². The summed E-state index contributed by atoms with van der Waals surface area (Å²) in [5.74, 6) is 0. The standard InChI is InChI=1S/C3H9NO7P2/c4-1-2(5)12(8,9)3(6,7)13(2,10)11/h5-7H,1,4H2,(H,8,9)(H,10,11). The van der Waals surface area contributed by atoms with Crippen LogP contribution in [0.5, 0.6) is 0 Å². The molecule has 0 aromatic carbocycles. The Morgan fingerprint density at radius 3 is 1.54 bits per heavy atom. The van der Waals surface area contributed by atoms with Gasteiger partial charge in [0, 0.05) is 6.54 Å². The molecule has 0 bridgehead atoms. The Hall–Kier alpha value is 0.220. The molecule has 2 unspecified atom stereocenters. The predicted octanol–water partition coefficient (Wildman–Crippen LogP) is -2.26. The third-order valence-electron chi connectivity index (χ3n) is 2.06. The molecule has 1 rings (SSSR count). The fourth-order valence-electron chi connectivity index (χ4n) is 1.05. The second kappa shape index (κ2) is 2.42. The van der Waals surface area contributed by atoms with Crippen molar-refractivity contribution in [2.75, 3.05) is 6.54 Å². The largest absolute Gasteiger partial charge is 0.370 e. The Kier molecular flexibility index (Phi) is 2.10. The minimum absolute atomic E-state index is 1.00. The quantitative estimate of drug-likeness (QED) is 0.218. The molecule has 13 heavy (non-hydrogen) atoms. The fraction of sp³-hybridized carbons (Fsp3) is 1.00. The molecule has 1 heterocycles. The molecule has 10 heteroatoms. The zero-order valence-corrected chi connectivity index (χ0v) is 8.02. The predicted molar refractivity (Wildman–Crippen MR) is 40.8 cm³/mol. The van der Waals surface area contributed by atoms with E-state index >= 15 is 0 Å². The minimum atomic E-state index is -4.98. The molecule has 1 aliphatic heterocycles. The molecular weight excluding hydrogens is 224 g/mol. The zero-order valence-electron chi connectivity index (χ0n) is 6.23. The van der Waals surface area contributed by atoms with E-state index in [4.69, 9.17) is 30.8 Å². The van der Waals surface area contributed by atoms with Crippen LogP contribution in [0.2, 0.25) is 0 Å². The van der Waals surface area contributed by atoms with Crippen LogP contribution in [0.25, 0.3) is 0 Å². The molecule has 2 atom stereocenters. The van der Waals surface area contributed by atoms with Gasteiger partial charge in [0.05, 0.1) is 0 Å². The van der Waals surface area contributed by atoms with E-state index in [-0.39, 0.29) is 0 Å². The number of aliphatic hydroxyl groups is 3. The molecule has 1 aliphatic rings. The van der Waals surface area contributed by atoms with Crippen LogP contribution in [0.4, 0.5) is 0 Å². The van der Waals surface area contributed by atoms with E-state index in [1.165, 1.54) is 0 Å². The molecule has 8 nitrogen and oxygen atoms in total. The Bertz CT molecular complexity index is 311. The second-order valence-electron chi connectivity index (χ2n) is 2.73. The molecule has 1 fully saturated rings. The molecule has 0 saturated carbocycles. The van der Waals surface area contributed by atoms with Gasteiger partial charge in [-0.1, -0.05) is 0 Å². The molecule has 0 aromatic rings. The molecule has 78 valence electrons. The van der Waals surface area contributed by atoms with Gasteiger partial charge in [-0.2, -0.15) is 0 Å². The molecule has 0 aliphatic carbocycles. The normalized spacial score (nSPS) is 54.3. The van der Waals surface area contributed by atoms with Gasteiger partial charge < -0.3 is 30.8 Å². The maximum atomic E-state index is 11.0. The van der Waals surface area contributed by atoms with Crippen LogP contribution in [0, 0.1) is 0 Å². The summed E-state index contributed by atoms with van der Waals surface area (Å²) in [6.07, 6.45) is 0. The van der Waals surface area contributed by atoms with Gasteiger partial charge in [0.15, 0.2) is 0 Å². The average molecular weight is 233 g/mol. The van der Waals surface area contributed by atoms with Gasteiger partial charge in [-0.3, -0.25) is 9.13 Å². The monoisotopic (exact) mass is 233 g/mol. The minimum Gasteiger partial charge on any atom is -0.370 e. The van der Waals surface area contributed by atoms with Crippen LogP contribution >= 0.6 is 14.7 Å². The van der Waals surface area contributed by atoms with Crippen molar-refractivity contribution >= 4 is 14.7 Å². The average Bonchev–Trinajstić information content (AvgIpc) is 2.00. The lowest BCUT2D eigenvalue weighted by Crippen LogP contribution is -2.58. The third kappa shape index (κ3) is 0.830. The van der Waals surface area contributed by atoms with Crippen LogP contribution in [0.1, 0.15) is 0 Å². The van der Waals surface area contributed by atoms with E-state index in [1.807, 2.05) is 0 Å². The van der Waals surface area contributed by atoms with E-state index in [0.717, 1.165) is 0 Å². The van der Waals surface area contributed by atoms with Gasteiger partial charge in [-0.15, -0.1) is 0 Å². The number of nitrogens with two attached hydrogens (primary N) is 1. The maximum Gasteiger partial charge on any atom is 0.327 e. The van der Waals surface area contributed by atoms with Gasteiger partial charge in [-0.05, 0) is 0 Å². The van der Waals surface area contributed by atoms with Crippen molar-refractivity contribution in [1.29, 1.82) is 0 Å². The lowest BCUT2D eigenvalue weighted by Gasteiger charge is -2.51. The van der Waals surface area contributed by atoms with Gasteiger partial charge in [0.2, 0.25) is 5.08 Å². The summed E-state index contributed by atoms with van der Waals surface area (Å²) in [7, 11) is -9.97. The molecule has 7 N–H and O–H groups in total. The van der Waals surface area contributed by atoms with Gasteiger partial charge >= 0.3 is 20.0 Å². The van der Waals surface area contributed by atoms with Crippen molar-refractivity contribution in [3.8, 4) is 0 Å². The van der Waals surface area contributed by atoms with Crippen LogP contribution in [0.15, 0.2) is 0 Å². The number of rotatable bonds is 1. The molecule has 0 radical (unpaired) electrons. The SMILES string of the molecule is NCC1(O)P(=O)(O)C(O)(O)P1(=O)O. The van der Waals surface area contributed by atoms with Gasteiger partial charge in [0.1, 0.15) is 0 Å². The Labute approximate surface area is 72.5 Å². The fourth-order valence-corrected chi connectivity index (χ4v) is 6.59. The summed E-state index contributed by atoms with van der Waals surface area (Å²) in [4.78, 5) is 17.8. The van der Waals surface area contributed by atoms with Crippen LogP contribution in [-0.4, -0.2) is 42.0 Å². The summed E-state index contributed by atoms with van der Waals surface area (Å²) >= 11 is 0. The summed E-state index contributed by atoms with van der Waals surface area (Å²) in [6, 6.07) is 0. The highest BCUT2D eigenvalue weighted by molar-refractivity contribution is 7.95. The van der Waals surface area contributed by atoms with E-state index in [0.29, 0.717) is 0 Å². The Morgan fingerprint density at radius 1 is 1.08 bits per heavy atom. The highest BCUT2D eigenvalue weighted by Gasteiger charge is 2.87. The van der Waals surface area contributed by atoms with Crippen LogP contribution in [-0.2, 0) is 9.13 Å². The van der Waals surface area contributed by atoms with E-state index < -0.39 is 31.6 Å². The second-order valence-corrected chi connectivity index (χ2v) is 8.47. The highest BCUT2D eigenvalue weighted by atomic mass is 31.3. The topological polar surface area (TPSA) is 161 Å². The summed E-state index contributed by atoms with van der Waals surface area (Å²) < 4.78 is 22.0. The molecular formula is C3H9NO7P2. The Balaban J connectivity index is 3.35. The summed E-state index contributed by atoms with van der Waals surface area (Å²) in [5, 5.41) is 20.0. The maximum absolute atomic E-state index is 11.0. The first-order chi connectivity index (χ1) is 5.56.